The molecule has 0 radical (unpaired) electrons. The van der Waals surface area contributed by atoms with E-state index in [1.165, 1.54) is 0 Å². The SMILES string of the molecule is O=C(NC1CC(Nc2cccc(CO)c2)C1)OCc1ccccc1. The van der Waals surface area contributed by atoms with Crippen LogP contribution in [-0.4, -0.2) is 23.3 Å². The Hall–Kier alpha value is -2.53. The first-order valence-electron chi connectivity index (χ1n) is 8.16. The Morgan fingerprint density at radius 3 is 2.54 bits per heavy atom. The molecule has 1 amide bonds. The van der Waals surface area contributed by atoms with Crippen LogP contribution in [0.5, 0.6) is 0 Å². The molecule has 1 saturated carbocycles. The predicted molar refractivity (Wildman–Crippen MR) is 92.6 cm³/mol. The van der Waals surface area contributed by atoms with E-state index in [9.17, 15) is 4.79 Å². The van der Waals surface area contributed by atoms with Gasteiger partial charge in [0.25, 0.3) is 0 Å². The number of aliphatic hydroxyl groups is 1. The number of hydrogen-bond donors (Lipinski definition) is 3. The topological polar surface area (TPSA) is 70.6 Å². The minimum absolute atomic E-state index is 0.0393. The van der Waals surface area contributed by atoms with Gasteiger partial charge in [-0.25, -0.2) is 4.79 Å². The summed E-state index contributed by atoms with van der Waals surface area (Å²) in [5, 5.41) is 15.4. The quantitative estimate of drug-likeness (QED) is 0.763. The molecule has 5 heteroatoms. The van der Waals surface area contributed by atoms with Gasteiger partial charge in [-0.1, -0.05) is 42.5 Å². The number of hydrogen-bond acceptors (Lipinski definition) is 4. The van der Waals surface area contributed by atoms with Gasteiger partial charge >= 0.3 is 6.09 Å². The van der Waals surface area contributed by atoms with E-state index in [-0.39, 0.29) is 25.3 Å². The molecule has 2 aromatic rings. The van der Waals surface area contributed by atoms with Gasteiger partial charge in [-0.05, 0) is 36.1 Å². The van der Waals surface area contributed by atoms with Crippen LogP contribution in [0.1, 0.15) is 24.0 Å². The third kappa shape index (κ3) is 4.49. The molecule has 0 atom stereocenters. The average Bonchev–Trinajstić information content (AvgIpc) is 2.59. The summed E-state index contributed by atoms with van der Waals surface area (Å²) in [5.74, 6) is 0. The van der Waals surface area contributed by atoms with Crippen molar-refractivity contribution in [2.24, 2.45) is 0 Å². The van der Waals surface area contributed by atoms with Gasteiger partial charge in [-0.15, -0.1) is 0 Å². The fourth-order valence-electron chi connectivity index (χ4n) is 2.78. The van der Waals surface area contributed by atoms with E-state index in [0.29, 0.717) is 6.04 Å². The highest BCUT2D eigenvalue weighted by Crippen LogP contribution is 2.25. The van der Waals surface area contributed by atoms with Crippen molar-refractivity contribution in [1.82, 2.24) is 5.32 Å². The summed E-state index contributed by atoms with van der Waals surface area (Å²) in [6.07, 6.45) is 1.36. The van der Waals surface area contributed by atoms with Gasteiger partial charge in [0.05, 0.1) is 6.61 Å². The fraction of sp³-hybridized carbons (Fsp3) is 0.316. The van der Waals surface area contributed by atoms with Gasteiger partial charge in [0.15, 0.2) is 0 Å². The normalized spacial score (nSPS) is 19.2. The molecule has 0 unspecified atom stereocenters. The summed E-state index contributed by atoms with van der Waals surface area (Å²) >= 11 is 0. The number of amides is 1. The lowest BCUT2D eigenvalue weighted by Gasteiger charge is -2.36. The van der Waals surface area contributed by atoms with Gasteiger partial charge in [-0.2, -0.15) is 0 Å². The van der Waals surface area contributed by atoms with Crippen LogP contribution in [0.25, 0.3) is 0 Å². The second-order valence-corrected chi connectivity index (χ2v) is 6.07. The first kappa shape index (κ1) is 16.3. The number of nitrogens with one attached hydrogen (secondary N) is 2. The smallest absolute Gasteiger partial charge is 0.407 e. The van der Waals surface area contributed by atoms with Crippen LogP contribution in [0.15, 0.2) is 54.6 Å². The summed E-state index contributed by atoms with van der Waals surface area (Å²) in [5.41, 5.74) is 2.86. The van der Waals surface area contributed by atoms with Crippen molar-refractivity contribution in [1.29, 1.82) is 0 Å². The molecule has 0 bridgehead atoms. The van der Waals surface area contributed by atoms with Crippen molar-refractivity contribution in [2.75, 3.05) is 5.32 Å². The second kappa shape index (κ2) is 7.84. The molecule has 0 saturated heterocycles. The fourth-order valence-corrected chi connectivity index (χ4v) is 2.78. The summed E-state index contributed by atoms with van der Waals surface area (Å²) in [6, 6.07) is 17.8. The summed E-state index contributed by atoms with van der Waals surface area (Å²) in [7, 11) is 0. The average molecular weight is 326 g/mol. The van der Waals surface area contributed by atoms with Crippen molar-refractivity contribution in [3.8, 4) is 0 Å². The number of rotatable bonds is 6. The molecule has 3 N–H and O–H groups in total. The minimum Gasteiger partial charge on any atom is -0.445 e. The van der Waals surface area contributed by atoms with E-state index < -0.39 is 0 Å². The van der Waals surface area contributed by atoms with Crippen molar-refractivity contribution in [3.63, 3.8) is 0 Å². The van der Waals surface area contributed by atoms with Crippen LogP contribution in [-0.2, 0) is 18.0 Å². The molecule has 3 rings (SSSR count). The molecule has 1 aliphatic carbocycles. The van der Waals surface area contributed by atoms with Crippen LogP contribution in [0.2, 0.25) is 0 Å². The van der Waals surface area contributed by atoms with Gasteiger partial charge in [-0.3, -0.25) is 0 Å². The van der Waals surface area contributed by atoms with Gasteiger partial charge in [0.1, 0.15) is 6.61 Å². The number of aliphatic hydroxyl groups excluding tert-OH is 1. The maximum atomic E-state index is 11.8. The molecular formula is C19H22N2O3. The van der Waals surface area contributed by atoms with Crippen LogP contribution in [0.4, 0.5) is 10.5 Å². The van der Waals surface area contributed by atoms with Gasteiger partial charge < -0.3 is 20.5 Å². The zero-order valence-electron chi connectivity index (χ0n) is 13.4. The molecule has 5 nitrogen and oxygen atoms in total. The molecule has 0 spiro atoms. The van der Waals surface area contributed by atoms with Gasteiger partial charge in [0.2, 0.25) is 0 Å². The molecule has 0 aromatic heterocycles. The van der Waals surface area contributed by atoms with Crippen molar-refractivity contribution in [2.45, 2.75) is 38.1 Å². The number of ether oxygens (including phenoxy) is 1. The first-order valence-corrected chi connectivity index (χ1v) is 8.16. The summed E-state index contributed by atoms with van der Waals surface area (Å²) in [4.78, 5) is 11.8. The monoisotopic (exact) mass is 326 g/mol. The number of carbonyl (C=O) groups excluding carboxylic acids is 1. The van der Waals surface area contributed by atoms with Crippen molar-refractivity contribution >= 4 is 11.8 Å². The molecule has 1 aliphatic rings. The molecule has 24 heavy (non-hydrogen) atoms. The Balaban J connectivity index is 1.36. The second-order valence-electron chi connectivity index (χ2n) is 6.07. The summed E-state index contributed by atoms with van der Waals surface area (Å²) < 4.78 is 5.22. The van der Waals surface area contributed by atoms with Crippen molar-refractivity contribution < 1.29 is 14.6 Å². The van der Waals surface area contributed by atoms with E-state index >= 15 is 0 Å². The lowest BCUT2D eigenvalue weighted by atomic mass is 9.86. The van der Waals surface area contributed by atoms with E-state index in [1.54, 1.807) is 0 Å². The standard InChI is InChI=1S/C19H22N2O3/c22-12-15-7-4-8-16(9-15)20-17-10-18(11-17)21-19(23)24-13-14-5-2-1-3-6-14/h1-9,17-18,20,22H,10-13H2,(H,21,23). The molecule has 2 aromatic carbocycles. The van der Waals surface area contributed by atoms with E-state index in [1.807, 2.05) is 54.6 Å². The number of carbonyl (C=O) groups is 1. The molecule has 0 aliphatic heterocycles. The molecule has 1 fully saturated rings. The maximum Gasteiger partial charge on any atom is 0.407 e. The Bertz CT molecular complexity index is 669. The van der Waals surface area contributed by atoms with E-state index in [2.05, 4.69) is 10.6 Å². The first-order chi connectivity index (χ1) is 11.7. The van der Waals surface area contributed by atoms with Crippen LogP contribution in [0, 0.1) is 0 Å². The van der Waals surface area contributed by atoms with Crippen LogP contribution < -0.4 is 10.6 Å². The number of anilines is 1. The van der Waals surface area contributed by atoms with Crippen LogP contribution >= 0.6 is 0 Å². The lowest BCUT2D eigenvalue weighted by Crippen LogP contribution is -2.49. The third-order valence-electron chi connectivity index (χ3n) is 4.15. The van der Waals surface area contributed by atoms with Crippen molar-refractivity contribution in [3.05, 3.63) is 65.7 Å². The Labute approximate surface area is 141 Å². The van der Waals surface area contributed by atoms with E-state index in [0.717, 1.165) is 29.7 Å². The zero-order valence-corrected chi connectivity index (χ0v) is 13.4. The molecular weight excluding hydrogens is 304 g/mol. The Morgan fingerprint density at radius 2 is 1.79 bits per heavy atom. The highest BCUT2D eigenvalue weighted by atomic mass is 16.5. The largest absolute Gasteiger partial charge is 0.445 e. The number of alkyl carbamates (subject to hydrolysis) is 1. The Kier molecular flexibility index (Phi) is 5.33. The highest BCUT2D eigenvalue weighted by Gasteiger charge is 2.30. The van der Waals surface area contributed by atoms with Crippen LogP contribution in [0.3, 0.4) is 0 Å². The lowest BCUT2D eigenvalue weighted by molar-refractivity contribution is 0.129. The Morgan fingerprint density at radius 1 is 1.04 bits per heavy atom. The molecule has 126 valence electrons. The molecule has 0 heterocycles. The number of benzene rings is 2. The highest BCUT2D eigenvalue weighted by molar-refractivity contribution is 5.67. The zero-order chi connectivity index (χ0) is 16.8. The predicted octanol–water partition coefficient (Wildman–Crippen LogP) is 3.05. The maximum absolute atomic E-state index is 11.8. The van der Waals surface area contributed by atoms with E-state index in [4.69, 9.17) is 9.84 Å². The summed E-state index contributed by atoms with van der Waals surface area (Å²) in [6.45, 7) is 0.326. The third-order valence-corrected chi connectivity index (χ3v) is 4.15. The van der Waals surface area contributed by atoms with Gasteiger partial charge in [0, 0.05) is 17.8 Å². The minimum atomic E-state index is -0.371.